The second-order valence-corrected chi connectivity index (χ2v) is 7.36. The molecule has 1 aliphatic heterocycles. The van der Waals surface area contributed by atoms with Crippen molar-refractivity contribution < 1.29 is 19.1 Å². The van der Waals surface area contributed by atoms with E-state index in [0.29, 0.717) is 24.5 Å². The largest absolute Gasteiger partial charge is 0.494 e. The van der Waals surface area contributed by atoms with Gasteiger partial charge in [0.15, 0.2) is 0 Å². The van der Waals surface area contributed by atoms with Crippen LogP contribution < -0.4 is 15.4 Å². The van der Waals surface area contributed by atoms with E-state index in [9.17, 15) is 14.4 Å². The summed E-state index contributed by atoms with van der Waals surface area (Å²) in [7, 11) is 0. The Bertz CT molecular complexity index is 736. The lowest BCUT2D eigenvalue weighted by molar-refractivity contribution is -0.136. The van der Waals surface area contributed by atoms with Gasteiger partial charge in [0.2, 0.25) is 5.91 Å². The summed E-state index contributed by atoms with van der Waals surface area (Å²) in [6, 6.07) is 6.59. The fraction of sp³-hybridized carbons (Fsp3) is 0.550. The molecule has 2 N–H and O–H groups in total. The van der Waals surface area contributed by atoms with Gasteiger partial charge in [0, 0.05) is 11.8 Å². The molecule has 4 amide bonds. The molecule has 0 radical (unpaired) electrons. The van der Waals surface area contributed by atoms with Gasteiger partial charge in [-0.05, 0) is 37.3 Å². The first kappa shape index (κ1) is 19.2. The zero-order chi connectivity index (χ0) is 19.4. The van der Waals surface area contributed by atoms with Crippen LogP contribution in [0.3, 0.4) is 0 Å². The van der Waals surface area contributed by atoms with Crippen LogP contribution in [0.15, 0.2) is 24.3 Å². The van der Waals surface area contributed by atoms with E-state index in [4.69, 9.17) is 4.74 Å². The predicted molar refractivity (Wildman–Crippen MR) is 101 cm³/mol. The van der Waals surface area contributed by atoms with Crippen LogP contribution in [0.5, 0.6) is 5.75 Å². The fourth-order valence-electron chi connectivity index (χ4n) is 3.87. The van der Waals surface area contributed by atoms with Crippen LogP contribution in [0.25, 0.3) is 0 Å². The highest BCUT2D eigenvalue weighted by Crippen LogP contribution is 2.38. The molecule has 146 valence electrons. The molecule has 7 nitrogen and oxygen atoms in total. The summed E-state index contributed by atoms with van der Waals surface area (Å²) in [5.74, 6) is 0.0457. The average molecular weight is 373 g/mol. The van der Waals surface area contributed by atoms with E-state index in [1.807, 2.05) is 19.9 Å². The van der Waals surface area contributed by atoms with Crippen molar-refractivity contribution >= 4 is 23.5 Å². The van der Waals surface area contributed by atoms with E-state index in [1.165, 1.54) is 0 Å². The topological polar surface area (TPSA) is 87.7 Å². The Kier molecular flexibility index (Phi) is 5.68. The van der Waals surface area contributed by atoms with Crippen molar-refractivity contribution in [2.24, 2.45) is 5.92 Å². The standard InChI is InChI=1S/C20H27N3O4/c1-3-11-27-16-9-6-8-15(12-16)21-17(24)13-23-18(25)20(22-19(23)26)10-5-4-7-14(20)2/h6,8-9,12,14H,3-5,7,10-11,13H2,1-2H3,(H,21,24)(H,22,26). The highest BCUT2D eigenvalue weighted by molar-refractivity contribution is 6.10. The number of anilines is 1. The molecule has 1 heterocycles. The molecular formula is C20H27N3O4. The van der Waals surface area contributed by atoms with Crippen molar-refractivity contribution in [3.8, 4) is 5.75 Å². The molecular weight excluding hydrogens is 346 g/mol. The summed E-state index contributed by atoms with van der Waals surface area (Å²) in [6.07, 6.45) is 4.39. The normalized spacial score (nSPS) is 24.8. The Morgan fingerprint density at radius 2 is 2.19 bits per heavy atom. The van der Waals surface area contributed by atoms with E-state index >= 15 is 0 Å². The molecule has 1 saturated carbocycles. The highest BCUT2D eigenvalue weighted by atomic mass is 16.5. The summed E-state index contributed by atoms with van der Waals surface area (Å²) in [5, 5.41) is 5.59. The molecule has 2 fully saturated rings. The Morgan fingerprint density at radius 1 is 1.37 bits per heavy atom. The van der Waals surface area contributed by atoms with E-state index in [0.717, 1.165) is 30.6 Å². The van der Waals surface area contributed by atoms with Crippen LogP contribution >= 0.6 is 0 Å². The van der Waals surface area contributed by atoms with Gasteiger partial charge in [-0.1, -0.05) is 32.8 Å². The van der Waals surface area contributed by atoms with Gasteiger partial charge in [0.05, 0.1) is 6.61 Å². The van der Waals surface area contributed by atoms with Gasteiger partial charge in [0.25, 0.3) is 5.91 Å². The quantitative estimate of drug-likeness (QED) is 0.751. The molecule has 1 saturated heterocycles. The molecule has 2 atom stereocenters. The van der Waals surface area contributed by atoms with Gasteiger partial charge < -0.3 is 15.4 Å². The number of nitrogens with one attached hydrogen (secondary N) is 2. The molecule has 1 spiro atoms. The molecule has 2 unspecified atom stereocenters. The average Bonchev–Trinajstić information content (AvgIpc) is 2.88. The number of hydrogen-bond acceptors (Lipinski definition) is 4. The van der Waals surface area contributed by atoms with Crippen LogP contribution in [0.2, 0.25) is 0 Å². The third kappa shape index (κ3) is 3.91. The molecule has 27 heavy (non-hydrogen) atoms. The van der Waals surface area contributed by atoms with Gasteiger partial charge in [-0.2, -0.15) is 0 Å². The van der Waals surface area contributed by atoms with Crippen molar-refractivity contribution in [2.75, 3.05) is 18.5 Å². The summed E-state index contributed by atoms with van der Waals surface area (Å²) < 4.78 is 5.55. The highest BCUT2D eigenvalue weighted by Gasteiger charge is 2.55. The Labute approximate surface area is 159 Å². The molecule has 0 bridgehead atoms. The Hall–Kier alpha value is -2.57. The third-order valence-corrected chi connectivity index (χ3v) is 5.39. The third-order valence-electron chi connectivity index (χ3n) is 5.39. The maximum Gasteiger partial charge on any atom is 0.325 e. The molecule has 7 heteroatoms. The van der Waals surface area contributed by atoms with Gasteiger partial charge in [-0.3, -0.25) is 14.5 Å². The first-order chi connectivity index (χ1) is 13.0. The van der Waals surface area contributed by atoms with E-state index in [-0.39, 0.29) is 18.4 Å². The molecule has 1 aliphatic carbocycles. The van der Waals surface area contributed by atoms with Crippen molar-refractivity contribution in [2.45, 2.75) is 51.5 Å². The Morgan fingerprint density at radius 3 is 2.93 bits per heavy atom. The number of nitrogens with zero attached hydrogens (tertiary/aromatic N) is 1. The SMILES string of the molecule is CCCOc1cccc(NC(=O)CN2C(=O)NC3(CCCCC3C)C2=O)c1. The van der Waals surface area contributed by atoms with E-state index < -0.39 is 17.5 Å². The van der Waals surface area contributed by atoms with Crippen LogP contribution in [0.1, 0.15) is 46.0 Å². The van der Waals surface area contributed by atoms with Crippen molar-refractivity contribution in [1.29, 1.82) is 0 Å². The Balaban J connectivity index is 1.64. The maximum atomic E-state index is 12.9. The van der Waals surface area contributed by atoms with E-state index in [2.05, 4.69) is 10.6 Å². The minimum atomic E-state index is -0.844. The molecule has 3 rings (SSSR count). The lowest BCUT2D eigenvalue weighted by Gasteiger charge is -2.36. The zero-order valence-corrected chi connectivity index (χ0v) is 15.9. The van der Waals surface area contributed by atoms with Gasteiger partial charge >= 0.3 is 6.03 Å². The van der Waals surface area contributed by atoms with Crippen LogP contribution in [-0.2, 0) is 9.59 Å². The molecule has 1 aromatic carbocycles. The number of benzene rings is 1. The van der Waals surface area contributed by atoms with Gasteiger partial charge in [-0.15, -0.1) is 0 Å². The summed E-state index contributed by atoms with van der Waals surface area (Å²) in [6.45, 7) is 4.31. The minimum absolute atomic E-state index is 0.0724. The van der Waals surface area contributed by atoms with Crippen LogP contribution in [0, 0.1) is 5.92 Å². The molecule has 2 aliphatic rings. The lowest BCUT2D eigenvalue weighted by Crippen LogP contribution is -2.54. The number of carbonyl (C=O) groups excluding carboxylic acids is 3. The first-order valence-corrected chi connectivity index (χ1v) is 9.63. The number of ether oxygens (including phenoxy) is 1. The molecule has 1 aromatic rings. The number of carbonyl (C=O) groups is 3. The van der Waals surface area contributed by atoms with Crippen molar-refractivity contribution in [3.05, 3.63) is 24.3 Å². The smallest absolute Gasteiger partial charge is 0.325 e. The summed E-state index contributed by atoms with van der Waals surface area (Å²) >= 11 is 0. The predicted octanol–water partition coefficient (Wildman–Crippen LogP) is 2.91. The number of urea groups is 1. The second-order valence-electron chi connectivity index (χ2n) is 7.36. The van der Waals surface area contributed by atoms with Crippen molar-refractivity contribution in [1.82, 2.24) is 10.2 Å². The number of rotatable bonds is 6. The van der Waals surface area contributed by atoms with Gasteiger partial charge in [-0.25, -0.2) is 4.79 Å². The van der Waals surface area contributed by atoms with Gasteiger partial charge in [0.1, 0.15) is 17.8 Å². The fourth-order valence-corrected chi connectivity index (χ4v) is 3.87. The summed E-state index contributed by atoms with van der Waals surface area (Å²) in [4.78, 5) is 38.7. The minimum Gasteiger partial charge on any atom is -0.494 e. The van der Waals surface area contributed by atoms with Crippen molar-refractivity contribution in [3.63, 3.8) is 0 Å². The number of imide groups is 1. The van der Waals surface area contributed by atoms with Crippen LogP contribution in [0.4, 0.5) is 10.5 Å². The monoisotopic (exact) mass is 373 g/mol. The summed E-state index contributed by atoms with van der Waals surface area (Å²) in [5.41, 5.74) is -0.273. The first-order valence-electron chi connectivity index (χ1n) is 9.63. The number of amides is 4. The van der Waals surface area contributed by atoms with Crippen LogP contribution in [-0.4, -0.2) is 41.4 Å². The lowest BCUT2D eigenvalue weighted by atomic mass is 9.73. The maximum absolute atomic E-state index is 12.9. The van der Waals surface area contributed by atoms with E-state index in [1.54, 1.807) is 18.2 Å². The zero-order valence-electron chi connectivity index (χ0n) is 15.9. The second kappa shape index (κ2) is 7.98. The number of hydrogen-bond donors (Lipinski definition) is 2. The molecule has 0 aromatic heterocycles.